The molecule has 1 rings (SSSR count). The quantitative estimate of drug-likeness (QED) is 0.697. The van der Waals surface area contributed by atoms with Crippen LogP contribution in [0.3, 0.4) is 0 Å². The van der Waals surface area contributed by atoms with Crippen molar-refractivity contribution in [2.75, 3.05) is 0 Å². The third-order valence-corrected chi connectivity index (χ3v) is 2.07. The van der Waals surface area contributed by atoms with E-state index < -0.39 is 0 Å². The minimum absolute atomic E-state index is 0.132. The first-order chi connectivity index (χ1) is 6.09. The van der Waals surface area contributed by atoms with Gasteiger partial charge in [0.1, 0.15) is 11.1 Å². The van der Waals surface area contributed by atoms with Crippen molar-refractivity contribution in [1.29, 1.82) is 0 Å². The first kappa shape index (κ1) is 10.6. The van der Waals surface area contributed by atoms with Gasteiger partial charge in [-0.25, -0.2) is 4.98 Å². The monoisotopic (exact) mass is 201 g/mol. The molecule has 1 heterocycles. The molecule has 74 valence electrons. The number of rotatable bonds is 4. The molecule has 0 saturated carbocycles. The Labute approximate surface area is 84.3 Å². The third-order valence-electron chi connectivity index (χ3n) is 1.88. The topological polar surface area (TPSA) is 26.0 Å². The van der Waals surface area contributed by atoms with Crippen molar-refractivity contribution in [3.05, 3.63) is 17.8 Å². The molecule has 0 bridgehead atoms. The molecule has 0 aliphatic heterocycles. The Kier molecular flexibility index (Phi) is 3.79. The highest BCUT2D eigenvalue weighted by Crippen LogP contribution is 2.19. The predicted molar refractivity (Wildman–Crippen MR) is 53.9 cm³/mol. The number of halogens is 1. The first-order valence-corrected chi connectivity index (χ1v) is 5.12. The van der Waals surface area contributed by atoms with Crippen molar-refractivity contribution in [2.24, 2.45) is 5.92 Å². The summed E-state index contributed by atoms with van der Waals surface area (Å²) in [6, 6.07) is 0. The van der Waals surface area contributed by atoms with Gasteiger partial charge in [-0.1, -0.05) is 13.8 Å². The molecule has 13 heavy (non-hydrogen) atoms. The average molecular weight is 202 g/mol. The highest BCUT2D eigenvalue weighted by atomic mass is 35.5. The van der Waals surface area contributed by atoms with E-state index in [1.807, 2.05) is 6.92 Å². The van der Waals surface area contributed by atoms with Crippen molar-refractivity contribution in [1.82, 2.24) is 4.98 Å². The molecule has 0 radical (unpaired) electrons. The Balaban J connectivity index is 2.49. The second-order valence-electron chi connectivity index (χ2n) is 3.71. The van der Waals surface area contributed by atoms with E-state index in [1.165, 1.54) is 0 Å². The summed E-state index contributed by atoms with van der Waals surface area (Å²) in [4.78, 5) is 4.10. The Morgan fingerprint density at radius 1 is 1.46 bits per heavy atom. The summed E-state index contributed by atoms with van der Waals surface area (Å²) < 4.78 is 5.45. The lowest BCUT2D eigenvalue weighted by molar-refractivity contribution is 0.437. The number of aryl methyl sites for hydroxylation is 1. The molecule has 0 aromatic carbocycles. The van der Waals surface area contributed by atoms with Gasteiger partial charge in [0.15, 0.2) is 0 Å². The van der Waals surface area contributed by atoms with Crippen LogP contribution in [0, 0.1) is 5.92 Å². The number of nitrogens with zero attached hydrogens (tertiary/aromatic N) is 1. The summed E-state index contributed by atoms with van der Waals surface area (Å²) in [6.07, 6.45) is 3.86. The summed E-state index contributed by atoms with van der Waals surface area (Å²) in [6.45, 7) is 6.25. The van der Waals surface area contributed by atoms with Crippen LogP contribution in [0.15, 0.2) is 10.6 Å². The van der Waals surface area contributed by atoms with Gasteiger partial charge in [0, 0.05) is 6.42 Å². The molecule has 1 aromatic heterocycles. The van der Waals surface area contributed by atoms with Crippen molar-refractivity contribution in [3.8, 4) is 0 Å². The fourth-order valence-corrected chi connectivity index (χ4v) is 1.15. The van der Waals surface area contributed by atoms with Crippen molar-refractivity contribution < 1.29 is 4.42 Å². The van der Waals surface area contributed by atoms with Crippen LogP contribution in [0.2, 0.25) is 0 Å². The lowest BCUT2D eigenvalue weighted by Gasteiger charge is -2.00. The van der Waals surface area contributed by atoms with Gasteiger partial charge in [-0.05, 0) is 19.3 Å². The van der Waals surface area contributed by atoms with E-state index in [0.29, 0.717) is 11.8 Å². The molecule has 3 heteroatoms. The predicted octanol–water partition coefficient (Wildman–Crippen LogP) is 3.56. The molecular formula is C10H16ClNO. The van der Waals surface area contributed by atoms with Crippen LogP contribution in [0.1, 0.15) is 44.2 Å². The molecule has 0 saturated heterocycles. The van der Waals surface area contributed by atoms with Crippen LogP contribution in [0.25, 0.3) is 0 Å². The first-order valence-electron chi connectivity index (χ1n) is 4.68. The lowest BCUT2D eigenvalue weighted by atomic mass is 10.1. The normalized spacial score (nSPS) is 13.6. The van der Waals surface area contributed by atoms with E-state index in [2.05, 4.69) is 18.8 Å². The molecule has 0 spiro atoms. The zero-order valence-electron chi connectivity index (χ0n) is 8.38. The molecule has 1 aromatic rings. The van der Waals surface area contributed by atoms with Gasteiger partial charge in [-0.3, -0.25) is 0 Å². The SMILES string of the molecule is CC(C)CCc1cnc(C(C)Cl)o1. The van der Waals surface area contributed by atoms with Crippen LogP contribution >= 0.6 is 11.6 Å². The van der Waals surface area contributed by atoms with E-state index in [4.69, 9.17) is 16.0 Å². The highest BCUT2D eigenvalue weighted by molar-refractivity contribution is 6.20. The van der Waals surface area contributed by atoms with Crippen molar-refractivity contribution in [2.45, 2.75) is 39.0 Å². The molecule has 0 amide bonds. The summed E-state index contributed by atoms with van der Waals surface area (Å²) in [5, 5.41) is -0.132. The maximum atomic E-state index is 5.82. The van der Waals surface area contributed by atoms with Gasteiger partial charge in [0.05, 0.1) is 6.20 Å². The van der Waals surface area contributed by atoms with Crippen LogP contribution in [0.5, 0.6) is 0 Å². The van der Waals surface area contributed by atoms with E-state index in [9.17, 15) is 0 Å². The second kappa shape index (κ2) is 4.66. The Hall–Kier alpha value is -0.500. The average Bonchev–Trinajstić information content (AvgIpc) is 2.48. The van der Waals surface area contributed by atoms with E-state index >= 15 is 0 Å². The lowest BCUT2D eigenvalue weighted by Crippen LogP contribution is -1.90. The summed E-state index contributed by atoms with van der Waals surface area (Å²) in [5.41, 5.74) is 0. The molecule has 1 unspecified atom stereocenters. The molecule has 0 N–H and O–H groups in total. The number of hydrogen-bond acceptors (Lipinski definition) is 2. The summed E-state index contributed by atoms with van der Waals surface area (Å²) in [5.74, 6) is 2.26. The zero-order valence-corrected chi connectivity index (χ0v) is 9.14. The van der Waals surface area contributed by atoms with Gasteiger partial charge >= 0.3 is 0 Å². The fraction of sp³-hybridized carbons (Fsp3) is 0.700. The van der Waals surface area contributed by atoms with Crippen LogP contribution < -0.4 is 0 Å². The molecule has 0 aliphatic rings. The Morgan fingerprint density at radius 2 is 2.15 bits per heavy atom. The Bertz CT molecular complexity index is 255. The molecule has 0 fully saturated rings. The summed E-state index contributed by atoms with van der Waals surface area (Å²) >= 11 is 5.82. The van der Waals surface area contributed by atoms with Gasteiger partial charge in [-0.15, -0.1) is 11.6 Å². The molecular weight excluding hydrogens is 186 g/mol. The number of alkyl halides is 1. The maximum absolute atomic E-state index is 5.82. The van der Waals surface area contributed by atoms with E-state index in [-0.39, 0.29) is 5.38 Å². The number of aromatic nitrogens is 1. The molecule has 0 aliphatic carbocycles. The van der Waals surface area contributed by atoms with E-state index in [0.717, 1.165) is 18.6 Å². The van der Waals surface area contributed by atoms with Gasteiger partial charge in [0.25, 0.3) is 0 Å². The van der Waals surface area contributed by atoms with Crippen LogP contribution in [-0.2, 0) is 6.42 Å². The second-order valence-corrected chi connectivity index (χ2v) is 4.37. The number of hydrogen-bond donors (Lipinski definition) is 0. The van der Waals surface area contributed by atoms with Gasteiger partial charge in [-0.2, -0.15) is 0 Å². The minimum Gasteiger partial charge on any atom is -0.444 e. The fourth-order valence-electron chi connectivity index (χ4n) is 1.05. The highest BCUT2D eigenvalue weighted by Gasteiger charge is 2.09. The minimum atomic E-state index is -0.132. The number of oxazole rings is 1. The maximum Gasteiger partial charge on any atom is 0.212 e. The molecule has 2 nitrogen and oxygen atoms in total. The largest absolute Gasteiger partial charge is 0.444 e. The van der Waals surface area contributed by atoms with Gasteiger partial charge in [0.2, 0.25) is 5.89 Å². The third kappa shape index (κ3) is 3.39. The zero-order chi connectivity index (χ0) is 9.84. The standard InChI is InChI=1S/C10H16ClNO/c1-7(2)4-5-9-6-12-10(13-9)8(3)11/h6-8H,4-5H2,1-3H3. The van der Waals surface area contributed by atoms with Crippen LogP contribution in [0.4, 0.5) is 0 Å². The molecule has 1 atom stereocenters. The smallest absolute Gasteiger partial charge is 0.212 e. The van der Waals surface area contributed by atoms with E-state index in [1.54, 1.807) is 6.20 Å². The summed E-state index contributed by atoms with van der Waals surface area (Å²) in [7, 11) is 0. The van der Waals surface area contributed by atoms with Crippen LogP contribution in [-0.4, -0.2) is 4.98 Å². The van der Waals surface area contributed by atoms with Crippen molar-refractivity contribution >= 4 is 11.6 Å². The Morgan fingerprint density at radius 3 is 2.62 bits per heavy atom. The van der Waals surface area contributed by atoms with Gasteiger partial charge < -0.3 is 4.42 Å². The van der Waals surface area contributed by atoms with Crippen molar-refractivity contribution in [3.63, 3.8) is 0 Å².